The molecule has 0 heterocycles. The quantitative estimate of drug-likeness (QED) is 0.673. The summed E-state index contributed by atoms with van der Waals surface area (Å²) < 4.78 is 11.1. The fourth-order valence-corrected chi connectivity index (χ4v) is 2.58. The number of benzene rings is 3. The van der Waals surface area contributed by atoms with Crippen LogP contribution in [0.25, 0.3) is 0 Å². The van der Waals surface area contributed by atoms with E-state index in [0.717, 1.165) is 11.3 Å². The summed E-state index contributed by atoms with van der Waals surface area (Å²) in [4.78, 5) is 11.8. The molecule has 132 valence electrons. The lowest BCUT2D eigenvalue weighted by Gasteiger charge is -2.17. The van der Waals surface area contributed by atoms with E-state index in [9.17, 15) is 4.79 Å². The highest BCUT2D eigenvalue weighted by atomic mass is 16.5. The Morgan fingerprint density at radius 1 is 0.885 bits per heavy atom. The molecule has 26 heavy (non-hydrogen) atoms. The molecule has 1 amide bonds. The maximum atomic E-state index is 11.8. The van der Waals surface area contributed by atoms with Crippen molar-refractivity contribution in [3.63, 3.8) is 0 Å². The molecule has 0 aliphatic rings. The number of carbonyl (C=O) groups excluding carboxylic acids is 1. The number of nitrogens with one attached hydrogen (secondary N) is 1. The number of anilines is 1. The van der Waals surface area contributed by atoms with Gasteiger partial charge < -0.3 is 20.5 Å². The van der Waals surface area contributed by atoms with Gasteiger partial charge in [0, 0.05) is 5.69 Å². The minimum absolute atomic E-state index is 0.439. The average Bonchev–Trinajstić information content (AvgIpc) is 2.68. The number of methoxy groups -OCH3 is 1. The van der Waals surface area contributed by atoms with Crippen LogP contribution in [0, 0.1) is 0 Å². The lowest BCUT2D eigenvalue weighted by Crippen LogP contribution is -2.27. The Balaban J connectivity index is 1.74. The number of para-hydroxylation sites is 2. The fraction of sp³-hybridized carbons (Fsp3) is 0.0952. The maximum Gasteiger partial charge on any atom is 0.244 e. The summed E-state index contributed by atoms with van der Waals surface area (Å²) in [6, 6.07) is 23.5. The number of hydrogen-bond donors (Lipinski definition) is 2. The van der Waals surface area contributed by atoms with E-state index in [1.165, 1.54) is 0 Å². The molecule has 0 aliphatic heterocycles. The van der Waals surface area contributed by atoms with Crippen molar-refractivity contribution >= 4 is 11.6 Å². The van der Waals surface area contributed by atoms with Gasteiger partial charge in [0.15, 0.2) is 11.5 Å². The third-order valence-corrected chi connectivity index (χ3v) is 3.88. The van der Waals surface area contributed by atoms with Crippen molar-refractivity contribution in [2.45, 2.75) is 6.04 Å². The molecular weight excluding hydrogens is 328 g/mol. The van der Waals surface area contributed by atoms with Gasteiger partial charge in [0.25, 0.3) is 0 Å². The second-order valence-corrected chi connectivity index (χ2v) is 5.67. The van der Waals surface area contributed by atoms with E-state index >= 15 is 0 Å². The summed E-state index contributed by atoms with van der Waals surface area (Å²) in [6.45, 7) is 0. The summed E-state index contributed by atoms with van der Waals surface area (Å²) in [5, 5.41) is 3.15. The van der Waals surface area contributed by atoms with Crippen LogP contribution in [0.2, 0.25) is 0 Å². The lowest BCUT2D eigenvalue weighted by molar-refractivity contribution is -0.118. The Bertz CT molecular complexity index is 864. The zero-order chi connectivity index (χ0) is 18.4. The van der Waals surface area contributed by atoms with Crippen LogP contribution in [0.3, 0.4) is 0 Å². The summed E-state index contributed by atoms with van der Waals surface area (Å²) in [6.07, 6.45) is 0. The standard InChI is InChI=1S/C21H20N2O3/c1-25-18-9-5-6-10-19(18)26-17-13-11-16(12-14-17)23-20(21(22)24)15-7-3-2-4-8-15/h2-14,20,23H,1H3,(H2,22,24). The van der Waals surface area contributed by atoms with Crippen LogP contribution in [0.1, 0.15) is 11.6 Å². The molecule has 3 aromatic rings. The van der Waals surface area contributed by atoms with Gasteiger partial charge in [0.05, 0.1) is 7.11 Å². The Kier molecular flexibility index (Phi) is 5.39. The molecule has 0 fully saturated rings. The van der Waals surface area contributed by atoms with Gasteiger partial charge >= 0.3 is 0 Å². The van der Waals surface area contributed by atoms with E-state index in [2.05, 4.69) is 5.32 Å². The van der Waals surface area contributed by atoms with Gasteiger partial charge in [-0.25, -0.2) is 0 Å². The first-order valence-electron chi connectivity index (χ1n) is 8.19. The number of nitrogens with two attached hydrogens (primary N) is 1. The van der Waals surface area contributed by atoms with Crippen molar-refractivity contribution in [3.05, 3.63) is 84.4 Å². The van der Waals surface area contributed by atoms with Gasteiger partial charge in [-0.05, 0) is 42.0 Å². The summed E-state index contributed by atoms with van der Waals surface area (Å²) >= 11 is 0. The van der Waals surface area contributed by atoms with Gasteiger partial charge in [0.2, 0.25) is 5.91 Å². The van der Waals surface area contributed by atoms with Crippen LogP contribution in [-0.2, 0) is 4.79 Å². The monoisotopic (exact) mass is 348 g/mol. The molecule has 3 rings (SSSR count). The molecule has 5 heteroatoms. The largest absolute Gasteiger partial charge is 0.493 e. The van der Waals surface area contributed by atoms with Crippen molar-refractivity contribution < 1.29 is 14.3 Å². The van der Waals surface area contributed by atoms with Crippen molar-refractivity contribution in [1.29, 1.82) is 0 Å². The van der Waals surface area contributed by atoms with Crippen LogP contribution in [-0.4, -0.2) is 13.0 Å². The molecule has 0 spiro atoms. The predicted molar refractivity (Wildman–Crippen MR) is 102 cm³/mol. The molecule has 5 nitrogen and oxygen atoms in total. The number of rotatable bonds is 7. The normalized spacial score (nSPS) is 11.4. The van der Waals surface area contributed by atoms with E-state index < -0.39 is 11.9 Å². The first kappa shape index (κ1) is 17.4. The van der Waals surface area contributed by atoms with Gasteiger partial charge in [0.1, 0.15) is 11.8 Å². The lowest BCUT2D eigenvalue weighted by atomic mass is 10.1. The molecule has 0 bridgehead atoms. The van der Waals surface area contributed by atoms with E-state index in [0.29, 0.717) is 17.2 Å². The first-order valence-corrected chi connectivity index (χ1v) is 8.19. The highest BCUT2D eigenvalue weighted by molar-refractivity contribution is 5.84. The van der Waals surface area contributed by atoms with Gasteiger partial charge in [-0.15, -0.1) is 0 Å². The Hall–Kier alpha value is -3.47. The molecule has 0 radical (unpaired) electrons. The number of hydrogen-bond acceptors (Lipinski definition) is 4. The van der Waals surface area contributed by atoms with Crippen LogP contribution in [0.4, 0.5) is 5.69 Å². The first-order chi connectivity index (χ1) is 12.7. The van der Waals surface area contributed by atoms with E-state index in [-0.39, 0.29) is 0 Å². The van der Waals surface area contributed by atoms with Crippen molar-refractivity contribution in [2.75, 3.05) is 12.4 Å². The smallest absolute Gasteiger partial charge is 0.244 e. The molecule has 3 aromatic carbocycles. The number of carbonyl (C=O) groups is 1. The van der Waals surface area contributed by atoms with Crippen molar-refractivity contribution in [2.24, 2.45) is 5.73 Å². The summed E-state index contributed by atoms with van der Waals surface area (Å²) in [5.41, 5.74) is 7.12. The fourth-order valence-electron chi connectivity index (χ4n) is 2.58. The predicted octanol–water partition coefficient (Wildman–Crippen LogP) is 4.13. The average molecular weight is 348 g/mol. The number of amides is 1. The summed E-state index contributed by atoms with van der Waals surface area (Å²) in [5.74, 6) is 1.52. The maximum absolute atomic E-state index is 11.8. The minimum atomic E-state index is -0.600. The highest BCUT2D eigenvalue weighted by Gasteiger charge is 2.17. The van der Waals surface area contributed by atoms with E-state index in [1.54, 1.807) is 7.11 Å². The van der Waals surface area contributed by atoms with Gasteiger partial charge in [-0.1, -0.05) is 42.5 Å². The SMILES string of the molecule is COc1ccccc1Oc1ccc(NC(C(N)=O)c2ccccc2)cc1. The molecular formula is C21H20N2O3. The zero-order valence-electron chi connectivity index (χ0n) is 14.4. The second kappa shape index (κ2) is 8.07. The van der Waals surface area contributed by atoms with Gasteiger partial charge in [-0.2, -0.15) is 0 Å². The third kappa shape index (κ3) is 4.13. The Morgan fingerprint density at radius 3 is 2.12 bits per heavy atom. The van der Waals surface area contributed by atoms with E-state index in [1.807, 2.05) is 78.9 Å². The van der Waals surface area contributed by atoms with Gasteiger partial charge in [-0.3, -0.25) is 4.79 Å². The van der Waals surface area contributed by atoms with E-state index in [4.69, 9.17) is 15.2 Å². The Labute approximate surface area is 152 Å². The highest BCUT2D eigenvalue weighted by Crippen LogP contribution is 2.31. The summed E-state index contributed by atoms with van der Waals surface area (Å²) in [7, 11) is 1.60. The van der Waals surface area contributed by atoms with Crippen molar-refractivity contribution in [1.82, 2.24) is 0 Å². The second-order valence-electron chi connectivity index (χ2n) is 5.67. The zero-order valence-corrected chi connectivity index (χ0v) is 14.4. The molecule has 3 N–H and O–H groups in total. The number of ether oxygens (including phenoxy) is 2. The molecule has 1 unspecified atom stereocenters. The molecule has 1 atom stereocenters. The van der Waals surface area contributed by atoms with Crippen LogP contribution in [0.5, 0.6) is 17.2 Å². The molecule has 0 saturated carbocycles. The molecule has 0 aliphatic carbocycles. The third-order valence-electron chi connectivity index (χ3n) is 3.88. The number of primary amides is 1. The minimum Gasteiger partial charge on any atom is -0.493 e. The van der Waals surface area contributed by atoms with Crippen LogP contribution >= 0.6 is 0 Å². The topological polar surface area (TPSA) is 73.6 Å². The molecule has 0 aromatic heterocycles. The van der Waals surface area contributed by atoms with Crippen LogP contribution < -0.4 is 20.5 Å². The molecule has 0 saturated heterocycles. The van der Waals surface area contributed by atoms with Crippen molar-refractivity contribution in [3.8, 4) is 17.2 Å². The van der Waals surface area contributed by atoms with Crippen LogP contribution in [0.15, 0.2) is 78.9 Å². The Morgan fingerprint density at radius 2 is 1.50 bits per heavy atom.